The highest BCUT2D eigenvalue weighted by Gasteiger charge is 2.14. The van der Waals surface area contributed by atoms with Gasteiger partial charge < -0.3 is 0 Å². The molecule has 3 nitrogen and oxygen atoms in total. The second-order valence-corrected chi connectivity index (χ2v) is 6.25. The van der Waals surface area contributed by atoms with Gasteiger partial charge in [0.15, 0.2) is 10.6 Å². The molecule has 0 saturated carbocycles. The van der Waals surface area contributed by atoms with Crippen LogP contribution in [0.2, 0.25) is 5.02 Å². The number of benzene rings is 2. The lowest BCUT2D eigenvalue weighted by molar-refractivity contribution is 1.03. The third-order valence-corrected chi connectivity index (χ3v) is 4.49. The molecule has 0 radical (unpaired) electrons. The molecule has 0 bridgehead atoms. The van der Waals surface area contributed by atoms with Gasteiger partial charge in [-0.1, -0.05) is 41.9 Å². The normalized spacial score (nSPS) is 10.8. The number of H-pyrrole nitrogens is 1. The maximum Gasteiger partial charge on any atom is 0.200 e. The molecule has 6 heteroatoms. The minimum absolute atomic E-state index is 0.523. The smallest absolute Gasteiger partial charge is 0.200 e. The van der Waals surface area contributed by atoms with Gasteiger partial charge in [0.1, 0.15) is 0 Å². The number of hydrogen-bond donors (Lipinski definition) is 1. The number of nitrogens with one attached hydrogen (secondary N) is 1. The predicted molar refractivity (Wildman–Crippen MR) is 91.6 cm³/mol. The van der Waals surface area contributed by atoms with Crippen molar-refractivity contribution >= 4 is 39.7 Å². The molecule has 1 N–H and O–H groups in total. The maximum absolute atomic E-state index is 6.25. The van der Waals surface area contributed by atoms with Gasteiger partial charge in [0.05, 0.1) is 5.69 Å². The fraction of sp³-hybridized carbons (Fsp3) is 0.0667. The highest BCUT2D eigenvalue weighted by atomic mass is 79.9. The summed E-state index contributed by atoms with van der Waals surface area (Å²) in [6, 6.07) is 13.7. The first kappa shape index (κ1) is 14.5. The Labute approximate surface area is 140 Å². The van der Waals surface area contributed by atoms with E-state index in [2.05, 4.69) is 26.1 Å². The van der Waals surface area contributed by atoms with Gasteiger partial charge in [-0.15, -0.1) is 0 Å². The molecule has 3 aromatic rings. The molecule has 0 saturated heterocycles. The largest absolute Gasteiger partial charge is 0.267 e. The third kappa shape index (κ3) is 2.69. The van der Waals surface area contributed by atoms with E-state index in [9.17, 15) is 0 Å². The van der Waals surface area contributed by atoms with Crippen LogP contribution < -0.4 is 0 Å². The van der Waals surface area contributed by atoms with Crippen molar-refractivity contribution in [3.05, 3.63) is 62.3 Å². The molecule has 1 heterocycles. The Morgan fingerprint density at radius 2 is 1.95 bits per heavy atom. The zero-order chi connectivity index (χ0) is 15.0. The lowest BCUT2D eigenvalue weighted by Crippen LogP contribution is -1.99. The summed E-state index contributed by atoms with van der Waals surface area (Å²) >= 11 is 15.2. The first-order chi connectivity index (χ1) is 10.1. The van der Waals surface area contributed by atoms with E-state index in [-0.39, 0.29) is 0 Å². The molecule has 21 heavy (non-hydrogen) atoms. The van der Waals surface area contributed by atoms with Crippen molar-refractivity contribution in [3.63, 3.8) is 0 Å². The molecule has 0 fully saturated rings. The molecule has 106 valence electrons. The molecule has 0 spiro atoms. The fourth-order valence-corrected chi connectivity index (χ4v) is 3.13. The van der Waals surface area contributed by atoms with Crippen LogP contribution in [0.4, 0.5) is 0 Å². The van der Waals surface area contributed by atoms with Gasteiger partial charge in [0, 0.05) is 15.1 Å². The Morgan fingerprint density at radius 3 is 2.67 bits per heavy atom. The minimum atomic E-state index is 0.523. The van der Waals surface area contributed by atoms with Crippen molar-refractivity contribution in [1.29, 1.82) is 0 Å². The van der Waals surface area contributed by atoms with Crippen molar-refractivity contribution in [2.75, 3.05) is 0 Å². The molecular formula is C15H11BrClN3S. The number of aryl methyl sites for hydroxylation is 1. The van der Waals surface area contributed by atoms with Gasteiger partial charge in [-0.05, 0) is 52.8 Å². The van der Waals surface area contributed by atoms with Crippen LogP contribution in [0, 0.1) is 11.7 Å². The van der Waals surface area contributed by atoms with E-state index in [1.807, 2.05) is 54.0 Å². The van der Waals surface area contributed by atoms with Crippen LogP contribution in [0.1, 0.15) is 5.56 Å². The molecule has 1 aromatic heterocycles. The van der Waals surface area contributed by atoms with Crippen LogP contribution in [-0.4, -0.2) is 14.8 Å². The van der Waals surface area contributed by atoms with Gasteiger partial charge in [-0.25, -0.2) is 0 Å². The second-order valence-electron chi connectivity index (χ2n) is 4.61. The highest BCUT2D eigenvalue weighted by molar-refractivity contribution is 9.10. The topological polar surface area (TPSA) is 33.6 Å². The summed E-state index contributed by atoms with van der Waals surface area (Å²) in [4.78, 5) is 0. The van der Waals surface area contributed by atoms with Crippen LogP contribution in [-0.2, 0) is 0 Å². The number of aromatic nitrogens is 3. The number of nitrogens with zero attached hydrogens (tertiary/aromatic N) is 2. The van der Waals surface area contributed by atoms with Gasteiger partial charge in [0.25, 0.3) is 0 Å². The second kappa shape index (κ2) is 5.75. The standard InChI is InChI=1S/C15H11BrClN3S/c1-9-7-11(16)13(8-12(9)17)20-14(18-19-15(20)21)10-5-3-2-4-6-10/h2-8H,1H3,(H,19,21). The van der Waals surface area contributed by atoms with E-state index < -0.39 is 0 Å². The van der Waals surface area contributed by atoms with E-state index in [0.717, 1.165) is 27.1 Å². The van der Waals surface area contributed by atoms with E-state index >= 15 is 0 Å². The van der Waals surface area contributed by atoms with Crippen molar-refractivity contribution in [2.24, 2.45) is 0 Å². The quantitative estimate of drug-likeness (QED) is 0.610. The lowest BCUT2D eigenvalue weighted by Gasteiger charge is -2.11. The SMILES string of the molecule is Cc1cc(Br)c(-n2c(-c3ccccc3)n[nH]c2=S)cc1Cl. The summed E-state index contributed by atoms with van der Waals surface area (Å²) in [5.41, 5.74) is 2.85. The average molecular weight is 381 g/mol. The molecule has 0 amide bonds. The Hall–Kier alpha value is -1.43. The van der Waals surface area contributed by atoms with E-state index in [1.165, 1.54) is 0 Å². The van der Waals surface area contributed by atoms with Crippen molar-refractivity contribution in [1.82, 2.24) is 14.8 Å². The van der Waals surface area contributed by atoms with Crippen LogP contribution >= 0.6 is 39.7 Å². The predicted octanol–water partition coefficient (Wildman–Crippen LogP) is 5.32. The fourth-order valence-electron chi connectivity index (χ4n) is 2.11. The Bertz CT molecular complexity index is 855. The first-order valence-corrected chi connectivity index (χ1v) is 7.84. The van der Waals surface area contributed by atoms with Gasteiger partial charge in [0.2, 0.25) is 0 Å². The lowest BCUT2D eigenvalue weighted by atomic mass is 10.2. The Morgan fingerprint density at radius 1 is 1.24 bits per heavy atom. The van der Waals surface area contributed by atoms with E-state index in [1.54, 1.807) is 0 Å². The van der Waals surface area contributed by atoms with Crippen LogP contribution in [0.5, 0.6) is 0 Å². The summed E-state index contributed by atoms with van der Waals surface area (Å²) in [6.07, 6.45) is 0. The van der Waals surface area contributed by atoms with Crippen LogP contribution in [0.3, 0.4) is 0 Å². The first-order valence-electron chi connectivity index (χ1n) is 6.27. The zero-order valence-electron chi connectivity index (χ0n) is 11.1. The molecule has 0 aliphatic carbocycles. The molecule has 3 rings (SSSR count). The monoisotopic (exact) mass is 379 g/mol. The van der Waals surface area contributed by atoms with E-state index in [4.69, 9.17) is 23.8 Å². The van der Waals surface area contributed by atoms with Crippen LogP contribution in [0.15, 0.2) is 46.9 Å². The van der Waals surface area contributed by atoms with Crippen molar-refractivity contribution in [2.45, 2.75) is 6.92 Å². The number of hydrogen-bond acceptors (Lipinski definition) is 2. The van der Waals surface area contributed by atoms with Gasteiger partial charge in [-0.2, -0.15) is 5.10 Å². The summed E-state index contributed by atoms with van der Waals surface area (Å²) in [5, 5.41) is 7.87. The van der Waals surface area contributed by atoms with Gasteiger partial charge in [-0.3, -0.25) is 9.67 Å². The maximum atomic E-state index is 6.25. The molecule has 0 aliphatic heterocycles. The summed E-state index contributed by atoms with van der Waals surface area (Å²) in [6.45, 7) is 1.96. The minimum Gasteiger partial charge on any atom is -0.267 e. The zero-order valence-corrected chi connectivity index (χ0v) is 14.3. The molecular weight excluding hydrogens is 370 g/mol. The van der Waals surface area contributed by atoms with E-state index in [0.29, 0.717) is 9.79 Å². The molecule has 2 aromatic carbocycles. The summed E-state index contributed by atoms with van der Waals surface area (Å²) < 4.78 is 3.31. The number of aromatic amines is 1. The Kier molecular flexibility index (Phi) is 3.97. The number of rotatable bonds is 2. The van der Waals surface area contributed by atoms with Crippen molar-refractivity contribution in [3.8, 4) is 17.1 Å². The average Bonchev–Trinajstić information content (AvgIpc) is 2.85. The van der Waals surface area contributed by atoms with Crippen LogP contribution in [0.25, 0.3) is 17.1 Å². The molecule has 0 atom stereocenters. The Balaban J connectivity index is 2.27. The summed E-state index contributed by atoms with van der Waals surface area (Å²) in [5.74, 6) is 0.751. The molecule has 0 unspecified atom stereocenters. The van der Waals surface area contributed by atoms with Gasteiger partial charge >= 0.3 is 0 Å². The van der Waals surface area contributed by atoms with Crippen molar-refractivity contribution < 1.29 is 0 Å². The summed E-state index contributed by atoms with van der Waals surface area (Å²) in [7, 11) is 0. The third-order valence-electron chi connectivity index (χ3n) is 3.17. The highest BCUT2D eigenvalue weighted by Crippen LogP contribution is 2.31. The number of halogens is 2. The molecule has 0 aliphatic rings.